The van der Waals surface area contributed by atoms with Gasteiger partial charge in [-0.25, -0.2) is 9.36 Å². The van der Waals surface area contributed by atoms with Crippen LogP contribution in [0.5, 0.6) is 0 Å². The minimum absolute atomic E-state index is 0.212. The molecule has 0 saturated heterocycles. The van der Waals surface area contributed by atoms with Crippen LogP contribution in [0.1, 0.15) is 26.2 Å². The SMILES string of the molecule is C=C(C)C(=O)OCCOP(=O)(O)O.NCCCCCNCCN. The van der Waals surface area contributed by atoms with Crippen LogP contribution >= 0.6 is 7.82 Å². The van der Waals surface area contributed by atoms with E-state index in [-0.39, 0.29) is 18.8 Å². The number of unbranched alkanes of at least 4 members (excludes halogenated alkanes) is 2. The van der Waals surface area contributed by atoms with Gasteiger partial charge in [-0.05, 0) is 32.9 Å². The van der Waals surface area contributed by atoms with E-state index < -0.39 is 13.8 Å². The van der Waals surface area contributed by atoms with Gasteiger partial charge in [0.05, 0.1) is 6.61 Å². The zero-order valence-corrected chi connectivity index (χ0v) is 14.6. The van der Waals surface area contributed by atoms with Crippen LogP contribution in [-0.4, -0.2) is 55.1 Å². The summed E-state index contributed by atoms with van der Waals surface area (Å²) < 4.78 is 18.6. The monoisotopic (exact) mass is 355 g/mol. The minimum atomic E-state index is -4.46. The Labute approximate surface area is 137 Å². The number of carbonyl (C=O) groups excluding carboxylic acids is 1. The molecule has 0 aliphatic rings. The Bertz CT molecular complexity index is 354. The number of rotatable bonds is 12. The Morgan fingerprint density at radius 2 is 1.78 bits per heavy atom. The normalized spacial score (nSPS) is 10.7. The zero-order chi connectivity index (χ0) is 18.1. The molecule has 0 amide bonds. The van der Waals surface area contributed by atoms with Crippen molar-refractivity contribution in [1.82, 2.24) is 5.32 Å². The van der Waals surface area contributed by atoms with Gasteiger partial charge in [-0.15, -0.1) is 0 Å². The summed E-state index contributed by atoms with van der Waals surface area (Å²) in [6.07, 6.45) is 3.59. The second-order valence-corrected chi connectivity index (χ2v) is 5.87. The lowest BCUT2D eigenvalue weighted by Crippen LogP contribution is -2.23. The van der Waals surface area contributed by atoms with Crippen molar-refractivity contribution in [3.63, 3.8) is 0 Å². The molecule has 0 unspecified atom stereocenters. The summed E-state index contributed by atoms with van der Waals surface area (Å²) in [6, 6.07) is 0. The van der Waals surface area contributed by atoms with Crippen molar-refractivity contribution in [2.75, 3.05) is 39.4 Å². The Morgan fingerprint density at radius 3 is 2.26 bits per heavy atom. The lowest BCUT2D eigenvalue weighted by molar-refractivity contribution is -0.139. The highest BCUT2D eigenvalue weighted by Gasteiger charge is 2.13. The van der Waals surface area contributed by atoms with Crippen molar-refractivity contribution >= 4 is 13.8 Å². The molecule has 0 heterocycles. The molecule has 9 nitrogen and oxygen atoms in total. The van der Waals surface area contributed by atoms with Crippen molar-refractivity contribution in [3.8, 4) is 0 Å². The summed E-state index contributed by atoms with van der Waals surface area (Å²) >= 11 is 0. The van der Waals surface area contributed by atoms with Crippen molar-refractivity contribution in [3.05, 3.63) is 12.2 Å². The molecule has 0 aliphatic carbocycles. The van der Waals surface area contributed by atoms with E-state index in [1.54, 1.807) is 0 Å². The maximum absolute atomic E-state index is 10.7. The van der Waals surface area contributed by atoms with Crippen molar-refractivity contribution in [2.24, 2.45) is 11.5 Å². The first kappa shape index (κ1) is 24.5. The molecular formula is C13H30N3O6P. The van der Waals surface area contributed by atoms with Crippen LogP contribution in [0, 0.1) is 0 Å². The quantitative estimate of drug-likeness (QED) is 0.139. The molecule has 23 heavy (non-hydrogen) atoms. The predicted molar refractivity (Wildman–Crippen MR) is 88.6 cm³/mol. The molecule has 0 atom stereocenters. The van der Waals surface area contributed by atoms with Crippen molar-refractivity contribution < 1.29 is 28.4 Å². The van der Waals surface area contributed by atoms with Gasteiger partial charge in [0.25, 0.3) is 0 Å². The molecule has 138 valence electrons. The zero-order valence-electron chi connectivity index (χ0n) is 13.7. The maximum atomic E-state index is 10.7. The van der Waals surface area contributed by atoms with Gasteiger partial charge in [0.2, 0.25) is 0 Å². The average Bonchev–Trinajstić information content (AvgIpc) is 2.46. The van der Waals surface area contributed by atoms with Gasteiger partial charge in [0.1, 0.15) is 6.61 Å². The Morgan fingerprint density at radius 1 is 1.13 bits per heavy atom. The molecule has 0 rings (SSSR count). The summed E-state index contributed by atoms with van der Waals surface area (Å²) in [7, 11) is -4.46. The van der Waals surface area contributed by atoms with Crippen molar-refractivity contribution in [2.45, 2.75) is 26.2 Å². The molecular weight excluding hydrogens is 325 g/mol. The molecule has 7 N–H and O–H groups in total. The topological polar surface area (TPSA) is 157 Å². The lowest BCUT2D eigenvalue weighted by atomic mass is 10.2. The summed E-state index contributed by atoms with van der Waals surface area (Å²) in [5.74, 6) is -0.616. The molecule has 0 radical (unpaired) electrons. The number of hydrogen-bond acceptors (Lipinski definition) is 7. The fourth-order valence-corrected chi connectivity index (χ4v) is 1.52. The fourth-order valence-electron chi connectivity index (χ4n) is 1.21. The van der Waals surface area contributed by atoms with Gasteiger partial charge < -0.3 is 31.3 Å². The van der Waals surface area contributed by atoms with Gasteiger partial charge in [-0.1, -0.05) is 13.0 Å². The molecule has 0 saturated carbocycles. The number of nitrogens with two attached hydrogens (primary N) is 2. The average molecular weight is 355 g/mol. The van der Waals surface area contributed by atoms with E-state index in [1.807, 2.05) is 0 Å². The van der Waals surface area contributed by atoms with Gasteiger partial charge in [-0.2, -0.15) is 0 Å². The van der Waals surface area contributed by atoms with Crippen LogP contribution in [0.4, 0.5) is 0 Å². The Balaban J connectivity index is 0. The number of phosphoric acid groups is 1. The molecule has 0 aliphatic heterocycles. The predicted octanol–water partition coefficient (Wildman–Crippen LogP) is -0.121. The van der Waals surface area contributed by atoms with Crippen LogP contribution in [-0.2, 0) is 18.6 Å². The van der Waals surface area contributed by atoms with Crippen LogP contribution < -0.4 is 16.8 Å². The molecule has 0 bridgehead atoms. The van der Waals surface area contributed by atoms with E-state index in [4.69, 9.17) is 21.3 Å². The molecule has 0 aromatic heterocycles. The maximum Gasteiger partial charge on any atom is 0.469 e. The first-order valence-electron chi connectivity index (χ1n) is 7.38. The van der Waals surface area contributed by atoms with Gasteiger partial charge in [-0.3, -0.25) is 4.52 Å². The van der Waals surface area contributed by atoms with E-state index in [0.29, 0.717) is 0 Å². The van der Waals surface area contributed by atoms with Gasteiger partial charge in [0.15, 0.2) is 0 Å². The second-order valence-electron chi connectivity index (χ2n) is 4.63. The fraction of sp³-hybridized carbons (Fsp3) is 0.769. The van der Waals surface area contributed by atoms with Crippen LogP contribution in [0.15, 0.2) is 12.2 Å². The number of phosphoric ester groups is 1. The number of esters is 1. The third-order valence-electron chi connectivity index (χ3n) is 2.30. The van der Waals surface area contributed by atoms with E-state index >= 15 is 0 Å². The summed E-state index contributed by atoms with van der Waals surface area (Å²) in [5, 5.41) is 3.23. The second kappa shape index (κ2) is 16.1. The summed E-state index contributed by atoms with van der Waals surface area (Å²) in [6.45, 7) is 7.79. The highest BCUT2D eigenvalue weighted by Crippen LogP contribution is 2.35. The Kier molecular flexibility index (Phi) is 17.1. The molecule has 0 fully saturated rings. The third kappa shape index (κ3) is 23.6. The smallest absolute Gasteiger partial charge is 0.460 e. The third-order valence-corrected chi connectivity index (χ3v) is 2.82. The minimum Gasteiger partial charge on any atom is -0.460 e. The highest BCUT2D eigenvalue weighted by atomic mass is 31.2. The van der Waals surface area contributed by atoms with Crippen molar-refractivity contribution in [1.29, 1.82) is 0 Å². The van der Waals surface area contributed by atoms with Crippen LogP contribution in [0.3, 0.4) is 0 Å². The number of carbonyl (C=O) groups is 1. The van der Waals surface area contributed by atoms with E-state index in [0.717, 1.165) is 32.6 Å². The van der Waals surface area contributed by atoms with Gasteiger partial charge >= 0.3 is 13.8 Å². The lowest BCUT2D eigenvalue weighted by Gasteiger charge is -2.05. The van der Waals surface area contributed by atoms with E-state index in [2.05, 4.69) is 21.2 Å². The number of ether oxygens (including phenoxy) is 1. The first-order chi connectivity index (χ1) is 10.7. The molecule has 10 heteroatoms. The summed E-state index contributed by atoms with van der Waals surface area (Å²) in [4.78, 5) is 27.1. The van der Waals surface area contributed by atoms with E-state index in [9.17, 15) is 9.36 Å². The first-order valence-corrected chi connectivity index (χ1v) is 8.91. The Hall–Kier alpha value is -0.800. The highest BCUT2D eigenvalue weighted by molar-refractivity contribution is 7.46. The van der Waals surface area contributed by atoms with Crippen LogP contribution in [0.2, 0.25) is 0 Å². The number of hydrogen-bond donors (Lipinski definition) is 5. The standard InChI is InChI=1S/C7H19N3.C6H11O6P/c8-4-2-1-3-6-10-7-5-9;1-5(2)6(7)11-3-4-12-13(8,9)10/h10H,1-9H2;1,3-4H2,2H3,(H2,8,9,10). The summed E-state index contributed by atoms with van der Waals surface area (Å²) in [5.41, 5.74) is 10.8. The molecule has 0 aromatic rings. The number of nitrogens with one attached hydrogen (secondary N) is 1. The van der Waals surface area contributed by atoms with E-state index in [1.165, 1.54) is 19.8 Å². The molecule has 0 spiro atoms. The van der Waals surface area contributed by atoms with Gasteiger partial charge in [0, 0.05) is 18.7 Å². The molecule has 0 aromatic carbocycles. The largest absolute Gasteiger partial charge is 0.469 e. The van der Waals surface area contributed by atoms with Crippen LogP contribution in [0.25, 0.3) is 0 Å².